The quantitative estimate of drug-likeness (QED) is 0.901. The number of hydrogen-bond acceptors (Lipinski definition) is 2. The monoisotopic (exact) mass is 323 g/mol. The van der Waals surface area contributed by atoms with Gasteiger partial charge in [0, 0.05) is 18.7 Å². The lowest BCUT2D eigenvalue weighted by Crippen LogP contribution is -2.44. The summed E-state index contributed by atoms with van der Waals surface area (Å²) in [6.07, 6.45) is 6.41. The summed E-state index contributed by atoms with van der Waals surface area (Å²) >= 11 is 0. The van der Waals surface area contributed by atoms with Crippen molar-refractivity contribution >= 4 is 5.91 Å². The lowest BCUT2D eigenvalue weighted by atomic mass is 9.83. The maximum atomic E-state index is 14.0. The maximum absolute atomic E-state index is 14.0. The van der Waals surface area contributed by atoms with Crippen molar-refractivity contribution in [3.05, 3.63) is 35.4 Å². The van der Waals surface area contributed by atoms with E-state index in [4.69, 9.17) is 5.11 Å². The van der Waals surface area contributed by atoms with Gasteiger partial charge in [0.15, 0.2) is 11.6 Å². The molecule has 1 aromatic rings. The Balaban J connectivity index is 1.75. The zero-order valence-electron chi connectivity index (χ0n) is 13.2. The number of rotatable bonds is 5. The van der Waals surface area contributed by atoms with E-state index in [1.54, 1.807) is 4.90 Å². The molecule has 0 bridgehead atoms. The predicted octanol–water partition coefficient (Wildman–Crippen LogP) is 3.51. The van der Waals surface area contributed by atoms with Gasteiger partial charge in [-0.1, -0.05) is 6.07 Å². The van der Waals surface area contributed by atoms with Crippen molar-refractivity contribution in [1.29, 1.82) is 0 Å². The van der Waals surface area contributed by atoms with Crippen molar-refractivity contribution in [1.82, 2.24) is 4.90 Å². The van der Waals surface area contributed by atoms with Crippen molar-refractivity contribution in [3.63, 3.8) is 0 Å². The molecule has 0 saturated heterocycles. The number of carbonyl (C=O) groups is 1. The summed E-state index contributed by atoms with van der Waals surface area (Å²) < 4.78 is 27.4. The third kappa shape index (κ3) is 3.55. The molecule has 23 heavy (non-hydrogen) atoms. The minimum atomic E-state index is -1.04. The Labute approximate surface area is 135 Å². The Morgan fingerprint density at radius 3 is 2.26 bits per heavy atom. The minimum Gasteiger partial charge on any atom is -0.396 e. The van der Waals surface area contributed by atoms with E-state index in [2.05, 4.69) is 0 Å². The van der Waals surface area contributed by atoms with E-state index in [1.807, 2.05) is 0 Å². The summed E-state index contributed by atoms with van der Waals surface area (Å²) in [7, 11) is 0. The zero-order chi connectivity index (χ0) is 16.4. The van der Waals surface area contributed by atoms with Crippen LogP contribution in [0, 0.1) is 17.6 Å². The predicted molar refractivity (Wildman–Crippen MR) is 83.0 cm³/mol. The molecule has 1 amide bonds. The first kappa shape index (κ1) is 16.4. The molecular formula is C18H23F2NO2. The van der Waals surface area contributed by atoms with E-state index in [1.165, 1.54) is 12.1 Å². The Bertz CT molecular complexity index is 566. The van der Waals surface area contributed by atoms with Gasteiger partial charge in [0.25, 0.3) is 5.91 Å². The molecule has 0 atom stereocenters. The molecule has 5 heteroatoms. The van der Waals surface area contributed by atoms with Gasteiger partial charge in [-0.3, -0.25) is 4.79 Å². The molecule has 2 fully saturated rings. The summed E-state index contributed by atoms with van der Waals surface area (Å²) in [6.45, 7) is 0.203. The first-order valence-corrected chi connectivity index (χ1v) is 8.49. The lowest BCUT2D eigenvalue weighted by molar-refractivity contribution is 0.0572. The van der Waals surface area contributed by atoms with Crippen molar-refractivity contribution in [3.8, 4) is 0 Å². The molecule has 1 aromatic carbocycles. The first-order valence-electron chi connectivity index (χ1n) is 8.49. The third-order valence-electron chi connectivity index (χ3n) is 5.10. The standard InChI is InChI=1S/C18H23F2NO2/c19-16-3-1-2-15(17(16)20)18(23)21(14-8-9-14)13-6-4-12(5-7-13)10-11-22/h1-3,12-14,22H,4-11H2. The van der Waals surface area contributed by atoms with E-state index in [0.29, 0.717) is 5.92 Å². The average molecular weight is 323 g/mol. The van der Waals surface area contributed by atoms with Crippen LogP contribution >= 0.6 is 0 Å². The van der Waals surface area contributed by atoms with E-state index < -0.39 is 11.6 Å². The fraction of sp³-hybridized carbons (Fsp3) is 0.611. The Kier molecular flexibility index (Phi) is 4.95. The highest BCUT2D eigenvalue weighted by Crippen LogP contribution is 2.37. The van der Waals surface area contributed by atoms with Gasteiger partial charge in [0.05, 0.1) is 5.56 Å². The van der Waals surface area contributed by atoms with Crippen molar-refractivity contribution in [2.24, 2.45) is 5.92 Å². The maximum Gasteiger partial charge on any atom is 0.257 e. The highest BCUT2D eigenvalue weighted by Gasteiger charge is 2.39. The highest BCUT2D eigenvalue weighted by molar-refractivity contribution is 5.95. The molecule has 3 nitrogen and oxygen atoms in total. The van der Waals surface area contributed by atoms with E-state index in [0.717, 1.165) is 51.0 Å². The van der Waals surface area contributed by atoms with E-state index >= 15 is 0 Å². The van der Waals surface area contributed by atoms with E-state index in [9.17, 15) is 13.6 Å². The van der Waals surface area contributed by atoms with Crippen molar-refractivity contribution < 1.29 is 18.7 Å². The van der Waals surface area contributed by atoms with Gasteiger partial charge in [0.2, 0.25) is 0 Å². The molecule has 0 unspecified atom stereocenters. The van der Waals surface area contributed by atoms with Crippen molar-refractivity contribution in [2.45, 2.75) is 57.0 Å². The number of hydrogen-bond donors (Lipinski definition) is 1. The fourth-order valence-corrected chi connectivity index (χ4v) is 3.68. The fourth-order valence-electron chi connectivity index (χ4n) is 3.68. The number of aliphatic hydroxyl groups excluding tert-OH is 1. The molecule has 2 aliphatic rings. The SMILES string of the molecule is O=C(c1cccc(F)c1F)N(C1CCC(CCO)CC1)C1CC1. The van der Waals surface area contributed by atoms with Crippen LogP contribution in [0.15, 0.2) is 18.2 Å². The summed E-state index contributed by atoms with van der Waals surface area (Å²) in [5.74, 6) is -1.89. The molecule has 126 valence electrons. The number of amides is 1. The average Bonchev–Trinajstić information content (AvgIpc) is 3.37. The smallest absolute Gasteiger partial charge is 0.257 e. The molecule has 0 radical (unpaired) electrons. The lowest BCUT2D eigenvalue weighted by Gasteiger charge is -2.37. The molecule has 0 spiro atoms. The second-order valence-electron chi connectivity index (χ2n) is 6.73. The molecular weight excluding hydrogens is 300 g/mol. The molecule has 3 rings (SSSR count). The van der Waals surface area contributed by atoms with Crippen LogP contribution in [0.1, 0.15) is 55.3 Å². The normalized spacial score (nSPS) is 24.5. The second kappa shape index (κ2) is 6.95. The number of halogens is 2. The molecule has 2 saturated carbocycles. The van der Waals surface area contributed by atoms with Gasteiger partial charge in [0.1, 0.15) is 0 Å². The van der Waals surface area contributed by atoms with Crippen LogP contribution in [0.25, 0.3) is 0 Å². The van der Waals surface area contributed by atoms with Crippen LogP contribution in [-0.4, -0.2) is 34.6 Å². The second-order valence-corrected chi connectivity index (χ2v) is 6.73. The number of nitrogens with zero attached hydrogens (tertiary/aromatic N) is 1. The summed E-state index contributed by atoms with van der Waals surface area (Å²) in [5.41, 5.74) is -0.158. The van der Waals surface area contributed by atoms with Crippen LogP contribution in [0.4, 0.5) is 8.78 Å². The summed E-state index contributed by atoms with van der Waals surface area (Å²) in [4.78, 5) is 14.6. The molecule has 0 aromatic heterocycles. The molecule has 0 aliphatic heterocycles. The number of aliphatic hydroxyl groups is 1. The number of carbonyl (C=O) groups excluding carboxylic acids is 1. The van der Waals surface area contributed by atoms with Crippen molar-refractivity contribution in [2.75, 3.05) is 6.61 Å². The number of benzene rings is 1. The van der Waals surface area contributed by atoms with Crippen LogP contribution < -0.4 is 0 Å². The minimum absolute atomic E-state index is 0.104. The summed E-state index contributed by atoms with van der Waals surface area (Å²) in [6, 6.07) is 4.06. The molecule has 2 aliphatic carbocycles. The largest absolute Gasteiger partial charge is 0.396 e. The van der Waals surface area contributed by atoms with Crippen LogP contribution in [0.3, 0.4) is 0 Å². The van der Waals surface area contributed by atoms with Gasteiger partial charge in [-0.05, 0) is 63.0 Å². The first-order chi connectivity index (χ1) is 11.1. The molecule has 1 N–H and O–H groups in total. The van der Waals surface area contributed by atoms with E-state index in [-0.39, 0.29) is 30.2 Å². The van der Waals surface area contributed by atoms with Crippen LogP contribution in [-0.2, 0) is 0 Å². The third-order valence-corrected chi connectivity index (χ3v) is 5.10. The Morgan fingerprint density at radius 2 is 1.70 bits per heavy atom. The van der Waals surface area contributed by atoms with Crippen LogP contribution in [0.5, 0.6) is 0 Å². The van der Waals surface area contributed by atoms with Gasteiger partial charge < -0.3 is 10.0 Å². The topological polar surface area (TPSA) is 40.5 Å². The Hall–Kier alpha value is -1.49. The van der Waals surface area contributed by atoms with Gasteiger partial charge in [-0.15, -0.1) is 0 Å². The zero-order valence-corrected chi connectivity index (χ0v) is 13.2. The van der Waals surface area contributed by atoms with Gasteiger partial charge in [-0.2, -0.15) is 0 Å². The van der Waals surface area contributed by atoms with Gasteiger partial charge >= 0.3 is 0 Å². The summed E-state index contributed by atoms with van der Waals surface area (Å²) in [5, 5.41) is 9.04. The molecule has 0 heterocycles. The van der Waals surface area contributed by atoms with Gasteiger partial charge in [-0.25, -0.2) is 8.78 Å². The Morgan fingerprint density at radius 1 is 1.09 bits per heavy atom. The van der Waals surface area contributed by atoms with Crippen LogP contribution in [0.2, 0.25) is 0 Å². The highest BCUT2D eigenvalue weighted by atomic mass is 19.2.